The van der Waals surface area contributed by atoms with Crippen LogP contribution in [0.25, 0.3) is 21.9 Å². The number of para-hydroxylation sites is 2. The first-order valence-corrected chi connectivity index (χ1v) is 11.1. The van der Waals surface area contributed by atoms with Crippen molar-refractivity contribution in [2.75, 3.05) is 36.2 Å². The molecule has 2 aromatic carbocycles. The van der Waals surface area contributed by atoms with Crippen LogP contribution in [0.4, 0.5) is 16.3 Å². The minimum Gasteiger partial charge on any atom is -0.382 e. The second-order valence-electron chi connectivity index (χ2n) is 7.64. The van der Waals surface area contributed by atoms with Crippen LogP contribution in [0, 0.1) is 0 Å². The van der Waals surface area contributed by atoms with Crippen LogP contribution >= 0.6 is 0 Å². The number of ether oxygens (including phenoxy) is 1. The molecule has 2 amide bonds. The Bertz CT molecular complexity index is 1220. The molecule has 33 heavy (non-hydrogen) atoms. The predicted molar refractivity (Wildman–Crippen MR) is 132 cm³/mol. The molecule has 0 atom stereocenters. The molecule has 9 nitrogen and oxygen atoms in total. The van der Waals surface area contributed by atoms with Crippen molar-refractivity contribution >= 4 is 39.5 Å². The molecule has 0 aliphatic rings. The van der Waals surface area contributed by atoms with E-state index in [0.717, 1.165) is 40.8 Å². The summed E-state index contributed by atoms with van der Waals surface area (Å²) in [7, 11) is 0. The summed E-state index contributed by atoms with van der Waals surface area (Å²) < 4.78 is 7.70. The van der Waals surface area contributed by atoms with Gasteiger partial charge in [-0.3, -0.25) is 0 Å². The number of nitrogens with zero attached hydrogens (tertiary/aromatic N) is 3. The first-order valence-electron chi connectivity index (χ1n) is 11.1. The van der Waals surface area contributed by atoms with Crippen LogP contribution in [0.2, 0.25) is 0 Å². The van der Waals surface area contributed by atoms with Crippen LogP contribution < -0.4 is 21.8 Å². The van der Waals surface area contributed by atoms with Gasteiger partial charge in [-0.25, -0.2) is 19.4 Å². The number of benzene rings is 2. The Morgan fingerprint density at radius 1 is 1.06 bits per heavy atom. The number of hydrogen-bond donors (Lipinski definition) is 4. The zero-order chi connectivity index (χ0) is 23.0. The van der Waals surface area contributed by atoms with Gasteiger partial charge in [0.05, 0.1) is 5.52 Å². The van der Waals surface area contributed by atoms with Gasteiger partial charge in [0.25, 0.3) is 0 Å². The number of carbonyl (C=O) groups is 1. The zero-order valence-corrected chi connectivity index (χ0v) is 18.7. The smallest absolute Gasteiger partial charge is 0.319 e. The van der Waals surface area contributed by atoms with Gasteiger partial charge in [-0.1, -0.05) is 43.3 Å². The Balaban J connectivity index is 1.45. The molecule has 4 rings (SSSR count). The third-order valence-corrected chi connectivity index (χ3v) is 5.11. The lowest BCUT2D eigenvalue weighted by Crippen LogP contribution is -2.31. The summed E-state index contributed by atoms with van der Waals surface area (Å²) in [6.45, 7) is 4.22. The number of anilines is 2. The molecule has 0 unspecified atom stereocenters. The van der Waals surface area contributed by atoms with E-state index >= 15 is 0 Å². The molecular weight excluding hydrogens is 418 g/mol. The average molecular weight is 448 g/mol. The minimum absolute atomic E-state index is 0.229. The lowest BCUT2D eigenvalue weighted by molar-refractivity contribution is 0.115. The Labute approximate surface area is 192 Å². The van der Waals surface area contributed by atoms with Crippen molar-refractivity contribution in [1.29, 1.82) is 0 Å². The van der Waals surface area contributed by atoms with Crippen LogP contribution in [-0.2, 0) is 11.3 Å². The fourth-order valence-corrected chi connectivity index (χ4v) is 3.60. The van der Waals surface area contributed by atoms with Crippen molar-refractivity contribution in [2.24, 2.45) is 0 Å². The molecule has 172 valence electrons. The highest BCUT2D eigenvalue weighted by molar-refractivity contribution is 6.06. The monoisotopic (exact) mass is 447 g/mol. The quantitative estimate of drug-likeness (QED) is 0.274. The summed E-state index contributed by atoms with van der Waals surface area (Å²) in [6, 6.07) is 17.0. The van der Waals surface area contributed by atoms with Crippen molar-refractivity contribution in [3.8, 4) is 0 Å². The van der Waals surface area contributed by atoms with Crippen molar-refractivity contribution in [2.45, 2.75) is 26.4 Å². The maximum Gasteiger partial charge on any atom is 0.319 e. The van der Waals surface area contributed by atoms with Crippen LogP contribution in [0.3, 0.4) is 0 Å². The van der Waals surface area contributed by atoms with Gasteiger partial charge in [0, 0.05) is 30.8 Å². The molecule has 0 fully saturated rings. The highest BCUT2D eigenvalue weighted by Crippen LogP contribution is 2.28. The van der Waals surface area contributed by atoms with Gasteiger partial charge in [0.1, 0.15) is 17.6 Å². The number of nitrogens with one attached hydrogen (secondary N) is 3. The summed E-state index contributed by atoms with van der Waals surface area (Å²) in [6.07, 6.45) is 1.65. The number of urea groups is 1. The number of amides is 2. The average Bonchev–Trinajstić information content (AvgIpc) is 3.19. The van der Waals surface area contributed by atoms with Crippen LogP contribution in [0.15, 0.2) is 54.6 Å². The fourth-order valence-electron chi connectivity index (χ4n) is 3.60. The van der Waals surface area contributed by atoms with Gasteiger partial charge in [-0.15, -0.1) is 0 Å². The van der Waals surface area contributed by atoms with Gasteiger partial charge in [-0.05, 0) is 31.0 Å². The third kappa shape index (κ3) is 5.32. The van der Waals surface area contributed by atoms with Crippen LogP contribution in [0.1, 0.15) is 25.6 Å². The first-order chi connectivity index (χ1) is 16.2. The molecule has 0 radical (unpaired) electrons. The van der Waals surface area contributed by atoms with Crippen LogP contribution in [0.5, 0.6) is 0 Å². The predicted octanol–water partition coefficient (Wildman–Crippen LogP) is 3.85. The molecule has 0 aliphatic heterocycles. The lowest BCUT2D eigenvalue weighted by atomic mass is 10.2. The van der Waals surface area contributed by atoms with Gasteiger partial charge in [0.2, 0.25) is 0 Å². The summed E-state index contributed by atoms with van der Waals surface area (Å²) in [4.78, 5) is 21.3. The molecule has 4 aromatic rings. The number of carbonyl (C=O) groups excluding carboxylic acids is 1. The van der Waals surface area contributed by atoms with E-state index in [-0.39, 0.29) is 6.03 Å². The summed E-state index contributed by atoms with van der Waals surface area (Å²) >= 11 is 0. The summed E-state index contributed by atoms with van der Waals surface area (Å²) in [5, 5.41) is 6.65. The number of nitrogens with two attached hydrogens (primary N) is 1. The Hall–Kier alpha value is -3.85. The highest BCUT2D eigenvalue weighted by atomic mass is 16.5. The lowest BCUT2D eigenvalue weighted by Gasteiger charge is -2.14. The maximum atomic E-state index is 12.1. The second kappa shape index (κ2) is 10.6. The molecule has 2 aromatic heterocycles. The molecule has 9 heteroatoms. The number of aromatic nitrogens is 3. The molecule has 0 spiro atoms. The van der Waals surface area contributed by atoms with Gasteiger partial charge in [0.15, 0.2) is 11.6 Å². The number of rotatable bonds is 10. The second-order valence-corrected chi connectivity index (χ2v) is 7.64. The number of nitrogen functional groups attached to an aromatic ring is 1. The van der Waals surface area contributed by atoms with E-state index in [1.54, 1.807) is 0 Å². The normalized spacial score (nSPS) is 11.1. The van der Waals surface area contributed by atoms with E-state index in [4.69, 9.17) is 15.5 Å². The minimum atomic E-state index is -0.229. The van der Waals surface area contributed by atoms with E-state index in [1.807, 2.05) is 59.3 Å². The number of fused-ring (bicyclic) bond motifs is 3. The molecule has 0 saturated carbocycles. The number of imidazole rings is 1. The van der Waals surface area contributed by atoms with E-state index in [0.29, 0.717) is 37.6 Å². The summed E-state index contributed by atoms with van der Waals surface area (Å²) in [5.74, 6) is 1.12. The Morgan fingerprint density at radius 2 is 1.85 bits per heavy atom. The molecule has 0 bridgehead atoms. The third-order valence-electron chi connectivity index (χ3n) is 5.11. The topological polar surface area (TPSA) is 119 Å². The SMILES string of the molecule is CCCOCc1nc2c(N)nc3ccccc3c2n1NCCCNC(=O)Nc1ccccc1. The first kappa shape index (κ1) is 22.3. The summed E-state index contributed by atoms with van der Waals surface area (Å²) in [5.41, 5.74) is 12.7. The fraction of sp³-hybridized carbons (Fsp3) is 0.292. The molecule has 0 saturated heterocycles. The number of pyridine rings is 1. The highest BCUT2D eigenvalue weighted by Gasteiger charge is 2.17. The molecule has 0 aliphatic carbocycles. The largest absolute Gasteiger partial charge is 0.382 e. The van der Waals surface area contributed by atoms with E-state index in [2.05, 4.69) is 28.0 Å². The van der Waals surface area contributed by atoms with Crippen molar-refractivity contribution in [1.82, 2.24) is 20.0 Å². The molecule has 2 heterocycles. The standard InChI is InChI=1S/C24H29N7O2/c1-2-15-33-16-20-30-21-22(18-11-6-7-12-19(18)29-23(21)25)31(20)27-14-8-13-26-24(32)28-17-9-4-3-5-10-17/h3-7,9-12,27H,2,8,13-16H2,1H3,(H2,25,29)(H2,26,28,32). The van der Waals surface area contributed by atoms with Crippen molar-refractivity contribution in [3.63, 3.8) is 0 Å². The van der Waals surface area contributed by atoms with Crippen LogP contribution in [-0.4, -0.2) is 40.4 Å². The maximum absolute atomic E-state index is 12.1. The van der Waals surface area contributed by atoms with E-state index < -0.39 is 0 Å². The van der Waals surface area contributed by atoms with E-state index in [1.165, 1.54) is 0 Å². The van der Waals surface area contributed by atoms with E-state index in [9.17, 15) is 4.79 Å². The zero-order valence-electron chi connectivity index (χ0n) is 18.7. The molecule has 5 N–H and O–H groups in total. The Kier molecular flexibility index (Phi) is 7.21. The van der Waals surface area contributed by atoms with Gasteiger partial charge < -0.3 is 26.5 Å². The molecular formula is C24H29N7O2. The van der Waals surface area contributed by atoms with Gasteiger partial charge >= 0.3 is 6.03 Å². The number of hydrogen-bond acceptors (Lipinski definition) is 6. The Morgan fingerprint density at radius 3 is 2.67 bits per heavy atom. The van der Waals surface area contributed by atoms with Gasteiger partial charge in [-0.2, -0.15) is 0 Å². The van der Waals surface area contributed by atoms with Crippen molar-refractivity contribution < 1.29 is 9.53 Å². The van der Waals surface area contributed by atoms with Crippen molar-refractivity contribution in [3.05, 3.63) is 60.4 Å².